The molecule has 0 bridgehead atoms. The van der Waals surface area contributed by atoms with E-state index in [1.165, 1.54) is 6.07 Å². The van der Waals surface area contributed by atoms with Crippen molar-refractivity contribution in [1.29, 1.82) is 0 Å². The van der Waals surface area contributed by atoms with E-state index in [4.69, 9.17) is 28.6 Å². The van der Waals surface area contributed by atoms with Crippen LogP contribution in [-0.4, -0.2) is 22.8 Å². The van der Waals surface area contributed by atoms with Crippen LogP contribution in [0.4, 0.5) is 4.39 Å². The van der Waals surface area contributed by atoms with Gasteiger partial charge in [0, 0.05) is 25.8 Å². The summed E-state index contributed by atoms with van der Waals surface area (Å²) in [6, 6.07) is 2.96. The van der Waals surface area contributed by atoms with Crippen molar-refractivity contribution in [3.8, 4) is 0 Å². The Kier molecular flexibility index (Phi) is 4.37. The number of ether oxygens (including phenoxy) is 1. The van der Waals surface area contributed by atoms with Gasteiger partial charge in [-0.1, -0.05) is 11.6 Å². The summed E-state index contributed by atoms with van der Waals surface area (Å²) in [5, 5.41) is 0.0974. The second-order valence-corrected chi connectivity index (χ2v) is 4.71. The van der Waals surface area contributed by atoms with E-state index in [0.29, 0.717) is 24.5 Å². The monoisotopic (exact) mass is 288 g/mol. The summed E-state index contributed by atoms with van der Waals surface area (Å²) in [7, 11) is 0. The average Bonchev–Trinajstić information content (AvgIpc) is 2.62. The second-order valence-electron chi connectivity index (χ2n) is 3.92. The first-order chi connectivity index (χ1) is 8.63. The van der Waals surface area contributed by atoms with Gasteiger partial charge >= 0.3 is 0 Å². The molecule has 0 atom stereocenters. The van der Waals surface area contributed by atoms with Crippen molar-refractivity contribution in [1.82, 2.24) is 9.55 Å². The highest BCUT2D eigenvalue weighted by atomic mass is 35.5. The molecule has 1 N–H and O–H groups in total. The Morgan fingerprint density at radius 2 is 2.28 bits per heavy atom. The van der Waals surface area contributed by atoms with Crippen LogP contribution in [0.3, 0.4) is 0 Å². The van der Waals surface area contributed by atoms with Gasteiger partial charge in [0.15, 0.2) is 4.77 Å². The number of aromatic amines is 1. The Hall–Kier alpha value is -0.910. The maximum atomic E-state index is 13.5. The lowest BCUT2D eigenvalue weighted by molar-refractivity contribution is 0.142. The second kappa shape index (κ2) is 5.82. The number of fused-ring (bicyclic) bond motifs is 1. The molecule has 0 saturated carbocycles. The lowest BCUT2D eigenvalue weighted by atomic mass is 10.3. The molecule has 0 amide bonds. The van der Waals surface area contributed by atoms with Gasteiger partial charge in [0.1, 0.15) is 5.82 Å². The van der Waals surface area contributed by atoms with Gasteiger partial charge in [0.05, 0.1) is 16.1 Å². The number of aromatic nitrogens is 2. The van der Waals surface area contributed by atoms with Crippen LogP contribution < -0.4 is 0 Å². The minimum atomic E-state index is -0.434. The number of benzene rings is 1. The van der Waals surface area contributed by atoms with Crippen molar-refractivity contribution >= 4 is 34.9 Å². The Labute approximate surface area is 115 Å². The number of aryl methyl sites for hydroxylation is 1. The van der Waals surface area contributed by atoms with Gasteiger partial charge in [-0.05, 0) is 31.6 Å². The molecule has 1 aromatic carbocycles. The maximum absolute atomic E-state index is 13.5. The van der Waals surface area contributed by atoms with Gasteiger partial charge in [-0.25, -0.2) is 4.39 Å². The average molecular weight is 289 g/mol. The minimum Gasteiger partial charge on any atom is -0.382 e. The molecule has 2 aromatic rings. The van der Waals surface area contributed by atoms with Gasteiger partial charge in [0.2, 0.25) is 0 Å². The number of rotatable bonds is 5. The zero-order valence-electron chi connectivity index (χ0n) is 10.0. The molecule has 0 aliphatic carbocycles. The van der Waals surface area contributed by atoms with E-state index < -0.39 is 5.82 Å². The van der Waals surface area contributed by atoms with E-state index >= 15 is 0 Å². The van der Waals surface area contributed by atoms with Crippen LogP contribution >= 0.6 is 23.8 Å². The van der Waals surface area contributed by atoms with Crippen molar-refractivity contribution in [2.75, 3.05) is 13.2 Å². The third-order valence-electron chi connectivity index (χ3n) is 2.69. The fraction of sp³-hybridized carbons (Fsp3) is 0.417. The van der Waals surface area contributed by atoms with Crippen LogP contribution in [0.1, 0.15) is 13.3 Å². The molecule has 0 aliphatic rings. The third-order valence-corrected chi connectivity index (χ3v) is 3.30. The van der Waals surface area contributed by atoms with E-state index in [9.17, 15) is 4.39 Å². The number of nitrogens with zero attached hydrogens (tertiary/aromatic N) is 1. The number of hydrogen-bond donors (Lipinski definition) is 1. The number of nitrogens with one attached hydrogen (secondary N) is 1. The molecular formula is C12H14ClFN2OS. The molecule has 2 rings (SSSR count). The molecule has 1 heterocycles. The first-order valence-corrected chi connectivity index (χ1v) is 6.57. The Bertz CT molecular complexity index is 608. The van der Waals surface area contributed by atoms with Crippen molar-refractivity contribution in [2.45, 2.75) is 19.9 Å². The van der Waals surface area contributed by atoms with E-state index in [-0.39, 0.29) is 5.02 Å². The van der Waals surface area contributed by atoms with Crippen LogP contribution in [0.15, 0.2) is 12.1 Å². The molecule has 0 unspecified atom stereocenters. The first kappa shape index (κ1) is 13.5. The summed E-state index contributed by atoms with van der Waals surface area (Å²) in [6.07, 6.45) is 0.833. The van der Waals surface area contributed by atoms with Crippen molar-refractivity contribution < 1.29 is 9.13 Å². The van der Waals surface area contributed by atoms with Gasteiger partial charge < -0.3 is 14.3 Å². The van der Waals surface area contributed by atoms with E-state index in [1.54, 1.807) is 6.07 Å². The Morgan fingerprint density at radius 1 is 1.50 bits per heavy atom. The molecule has 6 heteroatoms. The van der Waals surface area contributed by atoms with Gasteiger partial charge in [-0.2, -0.15) is 0 Å². The highest BCUT2D eigenvalue weighted by Crippen LogP contribution is 2.22. The van der Waals surface area contributed by atoms with Gasteiger partial charge in [-0.15, -0.1) is 0 Å². The van der Waals surface area contributed by atoms with E-state index in [2.05, 4.69) is 4.98 Å². The topological polar surface area (TPSA) is 29.9 Å². The molecule has 3 nitrogen and oxygen atoms in total. The molecule has 0 aliphatic heterocycles. The molecular weight excluding hydrogens is 275 g/mol. The fourth-order valence-electron chi connectivity index (χ4n) is 1.84. The zero-order chi connectivity index (χ0) is 13.1. The molecule has 1 aromatic heterocycles. The zero-order valence-corrected chi connectivity index (χ0v) is 11.6. The smallest absolute Gasteiger partial charge is 0.178 e. The van der Waals surface area contributed by atoms with Crippen LogP contribution in [0, 0.1) is 10.6 Å². The largest absolute Gasteiger partial charge is 0.382 e. The normalized spacial score (nSPS) is 11.3. The minimum absolute atomic E-state index is 0.0974. The highest BCUT2D eigenvalue weighted by Gasteiger charge is 2.08. The summed E-state index contributed by atoms with van der Waals surface area (Å²) < 4.78 is 21.2. The molecule has 0 radical (unpaired) electrons. The summed E-state index contributed by atoms with van der Waals surface area (Å²) >= 11 is 11.0. The van der Waals surface area contributed by atoms with Gasteiger partial charge in [-0.3, -0.25) is 0 Å². The molecule has 0 spiro atoms. The van der Waals surface area contributed by atoms with Crippen LogP contribution in [0.25, 0.3) is 11.0 Å². The van der Waals surface area contributed by atoms with Crippen molar-refractivity contribution in [3.05, 3.63) is 27.7 Å². The molecule has 18 heavy (non-hydrogen) atoms. The van der Waals surface area contributed by atoms with Crippen LogP contribution in [0.5, 0.6) is 0 Å². The number of halogens is 2. The van der Waals surface area contributed by atoms with Crippen molar-refractivity contribution in [3.63, 3.8) is 0 Å². The standard InChI is InChI=1S/C12H14ClFN2OS/c1-2-17-5-3-4-16-11-7-9(14)8(13)6-10(11)15-12(16)18/h6-7H,2-5H2,1H3,(H,15,18). The van der Waals surface area contributed by atoms with E-state index in [0.717, 1.165) is 17.5 Å². The lowest BCUT2D eigenvalue weighted by Gasteiger charge is -2.05. The fourth-order valence-corrected chi connectivity index (χ4v) is 2.31. The quantitative estimate of drug-likeness (QED) is 0.668. The summed E-state index contributed by atoms with van der Waals surface area (Å²) in [4.78, 5) is 3.02. The maximum Gasteiger partial charge on any atom is 0.178 e. The summed E-state index contributed by atoms with van der Waals surface area (Å²) in [5.74, 6) is -0.434. The predicted molar refractivity (Wildman–Crippen MR) is 73.2 cm³/mol. The Morgan fingerprint density at radius 3 is 3.00 bits per heavy atom. The first-order valence-electron chi connectivity index (χ1n) is 5.78. The lowest BCUT2D eigenvalue weighted by Crippen LogP contribution is -2.02. The van der Waals surface area contributed by atoms with Crippen LogP contribution in [0.2, 0.25) is 5.02 Å². The molecule has 0 fully saturated rings. The summed E-state index contributed by atoms with van der Waals surface area (Å²) in [5.41, 5.74) is 1.49. The molecule has 0 saturated heterocycles. The van der Waals surface area contributed by atoms with Crippen molar-refractivity contribution in [2.24, 2.45) is 0 Å². The highest BCUT2D eigenvalue weighted by molar-refractivity contribution is 7.71. The van der Waals surface area contributed by atoms with Gasteiger partial charge in [0.25, 0.3) is 0 Å². The van der Waals surface area contributed by atoms with E-state index in [1.807, 2.05) is 11.5 Å². The number of hydrogen-bond acceptors (Lipinski definition) is 2. The SMILES string of the molecule is CCOCCCn1c(=S)[nH]c2cc(Cl)c(F)cc21. The van der Waals surface area contributed by atoms with Crippen LogP contribution in [-0.2, 0) is 11.3 Å². The Balaban J connectivity index is 2.29. The number of imidazole rings is 1. The number of H-pyrrole nitrogens is 1. The third kappa shape index (κ3) is 2.74. The molecule has 98 valence electrons. The predicted octanol–water partition coefficient (Wildman–Crippen LogP) is 3.92. The summed E-state index contributed by atoms with van der Waals surface area (Å²) in [6.45, 7) is 4.01.